The molecule has 2 heterocycles. The lowest BCUT2D eigenvalue weighted by Gasteiger charge is -2.33. The van der Waals surface area contributed by atoms with E-state index in [1.165, 1.54) is 16.7 Å². The number of hydrogen-bond donors (Lipinski definition) is 1. The van der Waals surface area contributed by atoms with Gasteiger partial charge in [0.25, 0.3) is 0 Å². The molecule has 0 aromatic carbocycles. The summed E-state index contributed by atoms with van der Waals surface area (Å²) in [5, 5.41) is 9.03. The third kappa shape index (κ3) is 1.33. The molecule has 2 rings (SSSR count). The maximum atomic E-state index is 11.2. The quantitative estimate of drug-likeness (QED) is 0.733. The number of carboxylic acids is 1. The van der Waals surface area contributed by atoms with Crippen LogP contribution in [0.15, 0.2) is 10.6 Å². The minimum atomic E-state index is -0.989. The van der Waals surface area contributed by atoms with Gasteiger partial charge in [-0.1, -0.05) is 0 Å². The summed E-state index contributed by atoms with van der Waals surface area (Å²) in [6.07, 6.45) is 2.39. The molecular weight excluding hydrogens is 222 g/mol. The molecule has 2 aliphatic rings. The Kier molecular flexibility index (Phi) is 2.48. The number of rotatable bonds is 3. The summed E-state index contributed by atoms with van der Waals surface area (Å²) in [5.74, 6) is -0.389. The molecule has 0 bridgehead atoms. The third-order valence-corrected chi connectivity index (χ3v) is 4.20. The lowest BCUT2D eigenvalue weighted by Crippen LogP contribution is -2.48. The molecular formula is C8H9NO3S2. The van der Waals surface area contributed by atoms with Crippen LogP contribution in [0.3, 0.4) is 0 Å². The Morgan fingerprint density at radius 3 is 3.00 bits per heavy atom. The Morgan fingerprint density at radius 1 is 1.79 bits per heavy atom. The molecule has 2 aliphatic heterocycles. The minimum Gasteiger partial charge on any atom is -0.477 e. The van der Waals surface area contributed by atoms with Gasteiger partial charge in [-0.25, -0.2) is 4.79 Å². The third-order valence-electron chi connectivity index (χ3n) is 2.17. The first-order chi connectivity index (χ1) is 6.65. The van der Waals surface area contributed by atoms with Crippen molar-refractivity contribution < 1.29 is 14.7 Å². The lowest BCUT2D eigenvalue weighted by molar-refractivity contribution is -0.145. The SMILES string of the molecule is CSCC1=C(C(=O)O)N2C(=O)C[C@H]2S1. The summed E-state index contributed by atoms with van der Waals surface area (Å²) < 4.78 is 0. The van der Waals surface area contributed by atoms with Crippen LogP contribution in [-0.2, 0) is 9.59 Å². The molecule has 76 valence electrons. The maximum Gasteiger partial charge on any atom is 0.353 e. The van der Waals surface area contributed by atoms with Gasteiger partial charge >= 0.3 is 5.97 Å². The van der Waals surface area contributed by atoms with Crippen molar-refractivity contribution in [3.8, 4) is 0 Å². The van der Waals surface area contributed by atoms with Crippen molar-refractivity contribution in [2.75, 3.05) is 12.0 Å². The van der Waals surface area contributed by atoms with E-state index < -0.39 is 5.97 Å². The number of carbonyl (C=O) groups is 2. The predicted octanol–water partition coefficient (Wildman–Crippen LogP) is 0.951. The highest BCUT2D eigenvalue weighted by Crippen LogP contribution is 2.46. The van der Waals surface area contributed by atoms with Gasteiger partial charge in [0.05, 0.1) is 11.8 Å². The Labute approximate surface area is 89.7 Å². The van der Waals surface area contributed by atoms with Crippen molar-refractivity contribution in [2.24, 2.45) is 0 Å². The average Bonchev–Trinajstić information content (AvgIpc) is 2.39. The van der Waals surface area contributed by atoms with Gasteiger partial charge in [0, 0.05) is 10.7 Å². The zero-order valence-electron chi connectivity index (χ0n) is 7.52. The van der Waals surface area contributed by atoms with E-state index in [1.54, 1.807) is 11.8 Å². The summed E-state index contributed by atoms with van der Waals surface area (Å²) in [6, 6.07) is 0. The predicted molar refractivity (Wildman–Crippen MR) is 55.9 cm³/mol. The van der Waals surface area contributed by atoms with E-state index in [9.17, 15) is 9.59 Å². The van der Waals surface area contributed by atoms with Gasteiger partial charge in [0.1, 0.15) is 5.70 Å². The first-order valence-electron chi connectivity index (χ1n) is 4.09. The van der Waals surface area contributed by atoms with Crippen molar-refractivity contribution >= 4 is 35.4 Å². The van der Waals surface area contributed by atoms with Crippen LogP contribution in [0.2, 0.25) is 0 Å². The molecule has 0 aromatic heterocycles. The molecule has 1 amide bonds. The van der Waals surface area contributed by atoms with Crippen molar-refractivity contribution in [2.45, 2.75) is 11.8 Å². The number of carbonyl (C=O) groups excluding carboxylic acids is 1. The zero-order valence-corrected chi connectivity index (χ0v) is 9.15. The largest absolute Gasteiger partial charge is 0.477 e. The monoisotopic (exact) mass is 231 g/mol. The first-order valence-corrected chi connectivity index (χ1v) is 6.36. The standard InChI is InChI=1S/C8H9NO3S2/c1-13-3-4-7(8(11)12)9-5(10)2-6(9)14-4/h6H,2-3H2,1H3,(H,11,12)/t6-/m1/s1. The van der Waals surface area contributed by atoms with E-state index in [2.05, 4.69) is 0 Å². The number of β-lactam (4-membered cyclic amide) rings is 1. The fourth-order valence-corrected chi connectivity index (χ4v) is 3.77. The van der Waals surface area contributed by atoms with Crippen LogP contribution in [0, 0.1) is 0 Å². The second-order valence-corrected chi connectivity index (χ2v) is 5.19. The molecule has 6 heteroatoms. The molecule has 0 radical (unpaired) electrons. The normalized spacial score (nSPS) is 25.1. The van der Waals surface area contributed by atoms with Crippen molar-refractivity contribution in [3.05, 3.63) is 10.6 Å². The van der Waals surface area contributed by atoms with Crippen molar-refractivity contribution in [3.63, 3.8) is 0 Å². The highest BCUT2D eigenvalue weighted by Gasteiger charge is 2.47. The van der Waals surface area contributed by atoms with Gasteiger partial charge < -0.3 is 5.11 Å². The summed E-state index contributed by atoms with van der Waals surface area (Å²) in [5.41, 5.74) is 0.200. The van der Waals surface area contributed by atoms with Gasteiger partial charge in [-0.05, 0) is 6.26 Å². The molecule has 0 aromatic rings. The molecule has 1 atom stereocenters. The second kappa shape index (κ2) is 3.51. The van der Waals surface area contributed by atoms with Crippen LogP contribution in [0.4, 0.5) is 0 Å². The van der Waals surface area contributed by atoms with Gasteiger partial charge in [0.15, 0.2) is 0 Å². The Balaban J connectivity index is 2.28. The molecule has 1 N–H and O–H groups in total. The molecule has 1 saturated heterocycles. The number of aliphatic carboxylic acids is 1. The van der Waals surface area contributed by atoms with E-state index in [-0.39, 0.29) is 17.0 Å². The van der Waals surface area contributed by atoms with Gasteiger partial charge in [-0.2, -0.15) is 11.8 Å². The van der Waals surface area contributed by atoms with Gasteiger partial charge in [-0.15, -0.1) is 11.8 Å². The smallest absolute Gasteiger partial charge is 0.353 e. The lowest BCUT2D eigenvalue weighted by atomic mass is 10.1. The van der Waals surface area contributed by atoms with E-state index in [1.807, 2.05) is 6.26 Å². The number of hydrogen-bond acceptors (Lipinski definition) is 4. The number of carboxylic acid groups (broad SMARTS) is 1. The van der Waals surface area contributed by atoms with Crippen LogP contribution in [0.25, 0.3) is 0 Å². The van der Waals surface area contributed by atoms with Gasteiger partial charge in [-0.3, -0.25) is 9.69 Å². The van der Waals surface area contributed by atoms with Crippen LogP contribution >= 0.6 is 23.5 Å². The van der Waals surface area contributed by atoms with E-state index in [0.29, 0.717) is 12.2 Å². The Morgan fingerprint density at radius 2 is 2.50 bits per heavy atom. The topological polar surface area (TPSA) is 57.6 Å². The highest BCUT2D eigenvalue weighted by molar-refractivity contribution is 8.06. The first kappa shape index (κ1) is 9.92. The highest BCUT2D eigenvalue weighted by atomic mass is 32.2. The fourth-order valence-electron chi connectivity index (χ4n) is 1.56. The molecule has 0 unspecified atom stereocenters. The molecule has 0 spiro atoms. The van der Waals surface area contributed by atoms with E-state index in [0.717, 1.165) is 4.91 Å². The number of fused-ring (bicyclic) bond motifs is 1. The van der Waals surface area contributed by atoms with E-state index >= 15 is 0 Å². The molecule has 1 fully saturated rings. The number of amides is 1. The van der Waals surface area contributed by atoms with Gasteiger partial charge in [0.2, 0.25) is 5.91 Å². The maximum absolute atomic E-state index is 11.2. The average molecular weight is 231 g/mol. The van der Waals surface area contributed by atoms with Crippen LogP contribution in [0.5, 0.6) is 0 Å². The molecule has 4 nitrogen and oxygen atoms in total. The van der Waals surface area contributed by atoms with Crippen LogP contribution in [0.1, 0.15) is 6.42 Å². The number of nitrogens with zero attached hydrogens (tertiary/aromatic N) is 1. The minimum absolute atomic E-state index is 0.0516. The summed E-state index contributed by atoms with van der Waals surface area (Å²) in [6.45, 7) is 0. The summed E-state index contributed by atoms with van der Waals surface area (Å²) in [7, 11) is 0. The van der Waals surface area contributed by atoms with Crippen LogP contribution < -0.4 is 0 Å². The Bertz CT molecular complexity index is 339. The van der Waals surface area contributed by atoms with Crippen molar-refractivity contribution in [1.29, 1.82) is 0 Å². The van der Waals surface area contributed by atoms with Crippen molar-refractivity contribution in [1.82, 2.24) is 4.90 Å². The Hall–Kier alpha value is -0.620. The number of thioether (sulfide) groups is 2. The summed E-state index contributed by atoms with van der Waals surface area (Å²) in [4.78, 5) is 24.4. The fraction of sp³-hybridized carbons (Fsp3) is 0.500. The second-order valence-electron chi connectivity index (χ2n) is 3.05. The van der Waals surface area contributed by atoms with E-state index in [4.69, 9.17) is 5.11 Å². The molecule has 0 saturated carbocycles. The molecule has 0 aliphatic carbocycles. The summed E-state index contributed by atoms with van der Waals surface area (Å²) >= 11 is 3.08. The van der Waals surface area contributed by atoms with Crippen LogP contribution in [-0.4, -0.2) is 39.3 Å². The molecule has 14 heavy (non-hydrogen) atoms. The zero-order chi connectivity index (χ0) is 10.3.